The lowest BCUT2D eigenvalue weighted by molar-refractivity contribution is -0.173. The SMILES string of the molecule is COC(=O)[C@]1(C)CC[C@H](Cc2ccccc2)[C@@]1(O)Cn1cncn1. The van der Waals surface area contributed by atoms with Crippen molar-refractivity contribution in [3.8, 4) is 0 Å². The molecule has 6 nitrogen and oxygen atoms in total. The molecule has 128 valence electrons. The first-order chi connectivity index (χ1) is 11.5. The first kappa shape index (κ1) is 16.6. The lowest BCUT2D eigenvalue weighted by Gasteiger charge is -2.40. The minimum Gasteiger partial charge on any atom is -0.469 e. The van der Waals surface area contributed by atoms with Gasteiger partial charge < -0.3 is 9.84 Å². The van der Waals surface area contributed by atoms with Crippen LogP contribution in [-0.2, 0) is 22.5 Å². The second-order valence-corrected chi connectivity index (χ2v) is 6.77. The van der Waals surface area contributed by atoms with E-state index in [1.807, 2.05) is 30.3 Å². The molecule has 0 unspecified atom stereocenters. The van der Waals surface area contributed by atoms with Crippen LogP contribution in [0.3, 0.4) is 0 Å². The highest BCUT2D eigenvalue weighted by Crippen LogP contribution is 2.52. The number of hydrogen-bond acceptors (Lipinski definition) is 5. The molecule has 0 saturated heterocycles. The Morgan fingerprint density at radius 1 is 1.42 bits per heavy atom. The van der Waals surface area contributed by atoms with Gasteiger partial charge in [0.1, 0.15) is 18.3 Å². The van der Waals surface area contributed by atoms with Crippen LogP contribution in [0.15, 0.2) is 43.0 Å². The monoisotopic (exact) mass is 329 g/mol. The van der Waals surface area contributed by atoms with E-state index in [1.165, 1.54) is 13.4 Å². The van der Waals surface area contributed by atoms with Gasteiger partial charge in [-0.2, -0.15) is 5.10 Å². The van der Waals surface area contributed by atoms with Crippen LogP contribution >= 0.6 is 0 Å². The second-order valence-electron chi connectivity index (χ2n) is 6.77. The third-order valence-electron chi connectivity index (χ3n) is 5.45. The Labute approximate surface area is 141 Å². The van der Waals surface area contributed by atoms with Gasteiger partial charge in [0, 0.05) is 0 Å². The van der Waals surface area contributed by atoms with E-state index in [0.29, 0.717) is 12.8 Å². The van der Waals surface area contributed by atoms with Crippen molar-refractivity contribution in [2.75, 3.05) is 7.11 Å². The molecule has 0 spiro atoms. The van der Waals surface area contributed by atoms with Gasteiger partial charge in [0.25, 0.3) is 0 Å². The molecule has 0 bridgehead atoms. The fourth-order valence-electron chi connectivity index (χ4n) is 3.91. The zero-order valence-corrected chi connectivity index (χ0v) is 14.1. The minimum atomic E-state index is -1.25. The molecule has 0 amide bonds. The van der Waals surface area contributed by atoms with Gasteiger partial charge >= 0.3 is 5.97 Å². The van der Waals surface area contributed by atoms with Crippen LogP contribution in [0.2, 0.25) is 0 Å². The number of aromatic nitrogens is 3. The van der Waals surface area contributed by atoms with Crippen LogP contribution in [0.5, 0.6) is 0 Å². The molecular formula is C18H23N3O3. The Morgan fingerprint density at radius 2 is 2.17 bits per heavy atom. The van der Waals surface area contributed by atoms with Crippen LogP contribution in [0.25, 0.3) is 0 Å². The standard InChI is InChI=1S/C18H23N3O3/c1-17(16(22)24-2)9-8-15(10-14-6-4-3-5-7-14)18(17,23)11-21-13-19-12-20-21/h3-7,12-13,15,23H,8-11H2,1-2H3/t15-,17+,18+/m1/s1. The zero-order chi connectivity index (χ0) is 17.2. The number of nitrogens with zero attached hydrogens (tertiary/aromatic N) is 3. The third kappa shape index (κ3) is 2.71. The number of aliphatic hydroxyl groups is 1. The van der Waals surface area contributed by atoms with Gasteiger partial charge in [0.15, 0.2) is 0 Å². The minimum absolute atomic E-state index is 0.0619. The van der Waals surface area contributed by atoms with Crippen molar-refractivity contribution in [3.63, 3.8) is 0 Å². The molecule has 1 aliphatic carbocycles. The molecule has 1 fully saturated rings. The molecule has 1 saturated carbocycles. The number of ether oxygens (including phenoxy) is 1. The fraction of sp³-hybridized carbons (Fsp3) is 0.500. The van der Waals surface area contributed by atoms with Crippen molar-refractivity contribution >= 4 is 5.97 Å². The third-order valence-corrected chi connectivity index (χ3v) is 5.45. The molecule has 1 aromatic heterocycles. The molecular weight excluding hydrogens is 306 g/mol. The van der Waals surface area contributed by atoms with E-state index in [4.69, 9.17) is 4.74 Å². The molecule has 3 atom stereocenters. The summed E-state index contributed by atoms with van der Waals surface area (Å²) in [5.74, 6) is -0.436. The molecule has 6 heteroatoms. The number of carbonyl (C=O) groups excluding carboxylic acids is 1. The predicted octanol–water partition coefficient (Wildman–Crippen LogP) is 1.84. The van der Waals surface area contributed by atoms with Crippen molar-refractivity contribution in [2.24, 2.45) is 11.3 Å². The van der Waals surface area contributed by atoms with Gasteiger partial charge in [-0.25, -0.2) is 4.98 Å². The summed E-state index contributed by atoms with van der Waals surface area (Å²) >= 11 is 0. The molecule has 1 N–H and O–H groups in total. The van der Waals surface area contributed by atoms with Gasteiger partial charge in [0.05, 0.1) is 19.1 Å². The number of rotatable bonds is 5. The number of carbonyl (C=O) groups is 1. The highest BCUT2D eigenvalue weighted by molar-refractivity contribution is 5.78. The fourth-order valence-corrected chi connectivity index (χ4v) is 3.91. The van der Waals surface area contributed by atoms with Crippen molar-refractivity contribution in [3.05, 3.63) is 48.5 Å². The lowest BCUT2D eigenvalue weighted by Crippen LogP contribution is -2.54. The maximum atomic E-state index is 12.5. The normalized spacial score (nSPS) is 29.5. The van der Waals surface area contributed by atoms with Crippen molar-refractivity contribution in [1.29, 1.82) is 0 Å². The summed E-state index contributed by atoms with van der Waals surface area (Å²) < 4.78 is 6.59. The highest BCUT2D eigenvalue weighted by atomic mass is 16.5. The first-order valence-electron chi connectivity index (χ1n) is 8.17. The quantitative estimate of drug-likeness (QED) is 0.847. The summed E-state index contributed by atoms with van der Waals surface area (Å²) in [4.78, 5) is 16.4. The Balaban J connectivity index is 1.94. The van der Waals surface area contributed by atoms with Crippen molar-refractivity contribution < 1.29 is 14.6 Å². The maximum absolute atomic E-state index is 12.5. The largest absolute Gasteiger partial charge is 0.469 e. The van der Waals surface area contributed by atoms with Crippen LogP contribution < -0.4 is 0 Å². The van der Waals surface area contributed by atoms with E-state index in [2.05, 4.69) is 10.1 Å². The van der Waals surface area contributed by atoms with Gasteiger partial charge in [-0.1, -0.05) is 30.3 Å². The van der Waals surface area contributed by atoms with Gasteiger partial charge in [0.2, 0.25) is 0 Å². The molecule has 3 rings (SSSR count). The van der Waals surface area contributed by atoms with Crippen LogP contribution in [0.4, 0.5) is 0 Å². The zero-order valence-electron chi connectivity index (χ0n) is 14.1. The maximum Gasteiger partial charge on any atom is 0.314 e. The molecule has 2 aromatic rings. The lowest BCUT2D eigenvalue weighted by atomic mass is 9.71. The van der Waals surface area contributed by atoms with Gasteiger partial charge in [-0.3, -0.25) is 9.48 Å². The molecule has 1 aromatic carbocycles. The molecule has 1 heterocycles. The summed E-state index contributed by atoms with van der Waals surface area (Å²) in [6.45, 7) is 2.01. The summed E-state index contributed by atoms with van der Waals surface area (Å²) in [6, 6.07) is 10.0. The number of hydrogen-bond donors (Lipinski definition) is 1. The van der Waals surface area contributed by atoms with Crippen molar-refractivity contribution in [2.45, 2.75) is 38.3 Å². The second kappa shape index (κ2) is 6.36. The van der Waals surface area contributed by atoms with E-state index < -0.39 is 11.0 Å². The number of methoxy groups -OCH3 is 1. The molecule has 1 aliphatic rings. The summed E-state index contributed by atoms with van der Waals surface area (Å²) in [7, 11) is 1.37. The Hall–Kier alpha value is -2.21. The van der Waals surface area contributed by atoms with E-state index in [0.717, 1.165) is 12.0 Å². The Bertz CT molecular complexity index is 689. The van der Waals surface area contributed by atoms with Crippen molar-refractivity contribution in [1.82, 2.24) is 14.8 Å². The topological polar surface area (TPSA) is 77.2 Å². The average molecular weight is 329 g/mol. The van der Waals surface area contributed by atoms with Crippen LogP contribution in [0.1, 0.15) is 25.3 Å². The molecule has 0 aliphatic heterocycles. The molecule has 0 radical (unpaired) electrons. The average Bonchev–Trinajstić information content (AvgIpc) is 3.18. The Morgan fingerprint density at radius 3 is 2.79 bits per heavy atom. The van der Waals surface area contributed by atoms with Crippen LogP contribution in [-0.4, -0.2) is 38.6 Å². The number of benzene rings is 1. The van der Waals surface area contributed by atoms with E-state index >= 15 is 0 Å². The van der Waals surface area contributed by atoms with E-state index in [9.17, 15) is 9.90 Å². The smallest absolute Gasteiger partial charge is 0.314 e. The Kier molecular flexibility index (Phi) is 4.41. The van der Waals surface area contributed by atoms with Crippen LogP contribution in [0, 0.1) is 11.3 Å². The number of esters is 1. The summed E-state index contributed by atoms with van der Waals surface area (Å²) in [6.07, 6.45) is 5.04. The summed E-state index contributed by atoms with van der Waals surface area (Å²) in [5, 5.41) is 15.7. The first-order valence-corrected chi connectivity index (χ1v) is 8.17. The highest BCUT2D eigenvalue weighted by Gasteiger charge is 2.61. The molecule has 24 heavy (non-hydrogen) atoms. The predicted molar refractivity (Wildman–Crippen MR) is 88.0 cm³/mol. The van der Waals surface area contributed by atoms with E-state index in [1.54, 1.807) is 17.9 Å². The van der Waals surface area contributed by atoms with Gasteiger partial charge in [-0.15, -0.1) is 0 Å². The van der Waals surface area contributed by atoms with Gasteiger partial charge in [-0.05, 0) is 37.7 Å². The summed E-state index contributed by atoms with van der Waals surface area (Å²) in [5.41, 5.74) is -1.06. The van der Waals surface area contributed by atoms with E-state index in [-0.39, 0.29) is 18.4 Å².